The quantitative estimate of drug-likeness (QED) is 0.582. The number of piperidine rings is 1. The van der Waals surface area contributed by atoms with Gasteiger partial charge in [0.15, 0.2) is 0 Å². The molecule has 2 aliphatic rings. The molecular formula is C16H25N5O4S. The van der Waals surface area contributed by atoms with Crippen LogP contribution in [-0.2, 0) is 26.2 Å². The molecule has 1 aromatic heterocycles. The van der Waals surface area contributed by atoms with Crippen LogP contribution in [0.25, 0.3) is 0 Å². The van der Waals surface area contributed by atoms with Crippen molar-refractivity contribution in [3.05, 3.63) is 18.7 Å². The zero-order chi connectivity index (χ0) is 18.6. The number of hydrogen-bond acceptors (Lipinski definition) is 6. The predicted octanol–water partition coefficient (Wildman–Crippen LogP) is -0.630. The molecule has 2 fully saturated rings. The van der Waals surface area contributed by atoms with Gasteiger partial charge in [-0.1, -0.05) is 0 Å². The fourth-order valence-electron chi connectivity index (χ4n) is 3.29. The van der Waals surface area contributed by atoms with Crippen molar-refractivity contribution in [2.75, 3.05) is 45.0 Å². The molecule has 0 unspecified atom stereocenters. The summed E-state index contributed by atoms with van der Waals surface area (Å²) >= 11 is 0. The largest absolute Gasteiger partial charge is 0.336 e. The average Bonchev–Trinajstić information content (AvgIpc) is 3.13. The van der Waals surface area contributed by atoms with Gasteiger partial charge in [-0.2, -0.15) is 4.31 Å². The second-order valence-electron chi connectivity index (χ2n) is 6.65. The predicted molar refractivity (Wildman–Crippen MR) is 94.6 cm³/mol. The number of imidazole rings is 1. The molecule has 10 heteroatoms. The molecule has 2 saturated heterocycles. The van der Waals surface area contributed by atoms with E-state index in [0.717, 1.165) is 18.0 Å². The third-order valence-corrected chi connectivity index (χ3v) is 6.76. The summed E-state index contributed by atoms with van der Waals surface area (Å²) in [4.78, 5) is 30.9. The van der Waals surface area contributed by atoms with Crippen molar-refractivity contribution in [3.8, 4) is 0 Å². The molecule has 0 aliphatic carbocycles. The summed E-state index contributed by atoms with van der Waals surface area (Å²) in [7, 11) is -3.47. The average molecular weight is 383 g/mol. The number of likely N-dealkylation sites (tertiary alicyclic amines) is 1. The van der Waals surface area contributed by atoms with E-state index in [2.05, 4.69) is 9.88 Å². The highest BCUT2D eigenvalue weighted by molar-refractivity contribution is 7.89. The third-order valence-electron chi connectivity index (χ3n) is 4.91. The fraction of sp³-hybridized carbons (Fsp3) is 0.688. The van der Waals surface area contributed by atoms with Crippen LogP contribution in [0.5, 0.6) is 0 Å². The highest BCUT2D eigenvalue weighted by Crippen LogP contribution is 2.14. The highest BCUT2D eigenvalue weighted by atomic mass is 32.2. The van der Waals surface area contributed by atoms with E-state index in [0.29, 0.717) is 45.4 Å². The number of rotatable bonds is 7. The molecule has 26 heavy (non-hydrogen) atoms. The number of hydrogen-bond donors (Lipinski definition) is 0. The van der Waals surface area contributed by atoms with Crippen molar-refractivity contribution >= 4 is 21.8 Å². The summed E-state index contributed by atoms with van der Waals surface area (Å²) in [6.07, 6.45) is 6.61. The smallest absolute Gasteiger partial charge is 0.229 e. The molecule has 144 valence electrons. The Hall–Kier alpha value is -1.78. The summed E-state index contributed by atoms with van der Waals surface area (Å²) in [5, 5.41) is 0. The Morgan fingerprint density at radius 3 is 2.27 bits per heavy atom. The van der Waals surface area contributed by atoms with E-state index in [1.165, 1.54) is 4.31 Å². The van der Waals surface area contributed by atoms with Crippen LogP contribution >= 0.6 is 0 Å². The minimum atomic E-state index is -3.47. The lowest BCUT2D eigenvalue weighted by atomic mass is 10.1. The van der Waals surface area contributed by atoms with E-state index < -0.39 is 10.0 Å². The van der Waals surface area contributed by atoms with Gasteiger partial charge in [0.05, 0.1) is 12.1 Å². The van der Waals surface area contributed by atoms with Crippen LogP contribution in [0.3, 0.4) is 0 Å². The monoisotopic (exact) mass is 383 g/mol. The maximum absolute atomic E-state index is 12.5. The van der Waals surface area contributed by atoms with Crippen molar-refractivity contribution in [2.45, 2.75) is 25.8 Å². The summed E-state index contributed by atoms with van der Waals surface area (Å²) < 4.78 is 28.5. The number of piperazine rings is 1. The van der Waals surface area contributed by atoms with Crippen LogP contribution in [-0.4, -0.2) is 88.9 Å². The van der Waals surface area contributed by atoms with E-state index >= 15 is 0 Å². The van der Waals surface area contributed by atoms with Crippen molar-refractivity contribution in [1.29, 1.82) is 0 Å². The summed E-state index contributed by atoms with van der Waals surface area (Å²) in [5.74, 6) is -0.721. The number of nitrogens with zero attached hydrogens (tertiary/aromatic N) is 5. The fourth-order valence-corrected chi connectivity index (χ4v) is 4.68. The topological polar surface area (TPSA) is 95.8 Å². The van der Waals surface area contributed by atoms with Gasteiger partial charge in [0, 0.05) is 71.0 Å². The number of aromatic nitrogens is 2. The first kappa shape index (κ1) is 19.0. The van der Waals surface area contributed by atoms with Crippen molar-refractivity contribution in [2.24, 2.45) is 0 Å². The number of sulfonamides is 1. The molecule has 3 rings (SSSR count). The highest BCUT2D eigenvalue weighted by Gasteiger charge is 2.30. The van der Waals surface area contributed by atoms with Gasteiger partial charge in [-0.15, -0.1) is 0 Å². The van der Waals surface area contributed by atoms with E-state index in [1.807, 2.05) is 10.8 Å². The second-order valence-corrected chi connectivity index (χ2v) is 8.74. The van der Waals surface area contributed by atoms with E-state index in [4.69, 9.17) is 0 Å². The van der Waals surface area contributed by atoms with Crippen molar-refractivity contribution in [3.63, 3.8) is 0 Å². The van der Waals surface area contributed by atoms with Gasteiger partial charge in [0.1, 0.15) is 0 Å². The Balaban J connectivity index is 1.45. The molecule has 0 N–H and O–H groups in total. The molecule has 2 amide bonds. The first-order valence-electron chi connectivity index (χ1n) is 8.95. The Kier molecular flexibility index (Phi) is 6.05. The summed E-state index contributed by atoms with van der Waals surface area (Å²) in [6, 6.07) is 0. The Bertz CT molecular complexity index is 710. The van der Waals surface area contributed by atoms with Crippen LogP contribution in [0.15, 0.2) is 18.7 Å². The van der Waals surface area contributed by atoms with Crippen molar-refractivity contribution in [1.82, 2.24) is 23.7 Å². The summed E-state index contributed by atoms with van der Waals surface area (Å²) in [6.45, 7) is 3.86. The maximum atomic E-state index is 12.5. The van der Waals surface area contributed by atoms with E-state index in [-0.39, 0.29) is 24.1 Å². The van der Waals surface area contributed by atoms with Gasteiger partial charge in [-0.3, -0.25) is 19.4 Å². The molecule has 9 nitrogen and oxygen atoms in total. The normalized spacial score (nSPS) is 20.7. The number of carbonyl (C=O) groups excluding carboxylic acids is 2. The summed E-state index contributed by atoms with van der Waals surface area (Å²) in [5.41, 5.74) is 0. The maximum Gasteiger partial charge on any atom is 0.229 e. The standard InChI is InChI=1S/C16H25N5O4S/c22-15-2-1-3-16(23)21(15)12-13-26(24,25)20-10-8-18(9-11-20)6-7-19-5-4-17-14-19/h4-5,14H,1-3,6-13H2. The SMILES string of the molecule is O=C1CCCC(=O)N1CCS(=O)(=O)N1CCN(CCn2ccnc2)CC1. The molecule has 0 radical (unpaired) electrons. The van der Waals surface area contributed by atoms with Gasteiger partial charge >= 0.3 is 0 Å². The lowest BCUT2D eigenvalue weighted by Gasteiger charge is -2.34. The molecule has 0 aromatic carbocycles. The van der Waals surface area contributed by atoms with E-state index in [1.54, 1.807) is 12.5 Å². The molecule has 0 spiro atoms. The minimum Gasteiger partial charge on any atom is -0.336 e. The zero-order valence-electron chi connectivity index (χ0n) is 14.8. The van der Waals surface area contributed by atoms with Crippen LogP contribution in [0.2, 0.25) is 0 Å². The third kappa shape index (κ3) is 4.68. The Morgan fingerprint density at radius 1 is 0.962 bits per heavy atom. The molecule has 0 atom stereocenters. The molecule has 3 heterocycles. The molecule has 0 saturated carbocycles. The lowest BCUT2D eigenvalue weighted by molar-refractivity contribution is -0.147. The van der Waals surface area contributed by atoms with Crippen LogP contribution in [0.1, 0.15) is 19.3 Å². The van der Waals surface area contributed by atoms with Gasteiger partial charge in [-0.05, 0) is 6.42 Å². The number of amides is 2. The Labute approximate surface area is 153 Å². The van der Waals surface area contributed by atoms with Crippen LogP contribution in [0.4, 0.5) is 0 Å². The molecule has 1 aromatic rings. The van der Waals surface area contributed by atoms with Gasteiger partial charge < -0.3 is 4.57 Å². The number of imide groups is 1. The van der Waals surface area contributed by atoms with E-state index in [9.17, 15) is 18.0 Å². The minimum absolute atomic E-state index is 0.0408. The van der Waals surface area contributed by atoms with Gasteiger partial charge in [0.25, 0.3) is 0 Å². The molecular weight excluding hydrogens is 358 g/mol. The second kappa shape index (κ2) is 8.28. The van der Waals surface area contributed by atoms with Gasteiger partial charge in [0.2, 0.25) is 21.8 Å². The molecule has 2 aliphatic heterocycles. The van der Waals surface area contributed by atoms with Crippen LogP contribution < -0.4 is 0 Å². The van der Waals surface area contributed by atoms with Gasteiger partial charge in [-0.25, -0.2) is 13.4 Å². The van der Waals surface area contributed by atoms with Crippen LogP contribution in [0, 0.1) is 0 Å². The first-order valence-corrected chi connectivity index (χ1v) is 10.6. The lowest BCUT2D eigenvalue weighted by Crippen LogP contribution is -2.51. The number of carbonyl (C=O) groups is 2. The molecule has 0 bridgehead atoms. The Morgan fingerprint density at radius 2 is 1.65 bits per heavy atom. The first-order chi connectivity index (χ1) is 12.5. The zero-order valence-corrected chi connectivity index (χ0v) is 15.6. The van der Waals surface area contributed by atoms with Crippen molar-refractivity contribution < 1.29 is 18.0 Å².